The molecule has 50 heavy (non-hydrogen) atoms. The van der Waals surface area contributed by atoms with Crippen molar-refractivity contribution in [2.75, 3.05) is 0 Å². The number of hydrogen-bond acceptors (Lipinski definition) is 8. The van der Waals surface area contributed by atoms with Crippen molar-refractivity contribution in [3.05, 3.63) is 137 Å². The standard InChI is InChI=1S/C41H41N3O6/c45-40-37(50-41(46)44(40)27-34-28-48-38(42-34)25-21-31-13-8-5-9-14-31)18-12-4-2-1-3-7-17-33-19-23-36(24-20-33)47-29-35-30-49-39(43-35)26-22-32-15-10-6-11-16-32/h5-6,8-11,13-16,19-26,28,30,37H,1-4,7,12,17-18,27,29H2/b25-21+,26-22+. The number of imide groups is 1. The second kappa shape index (κ2) is 17.6. The zero-order valence-corrected chi connectivity index (χ0v) is 28.0. The van der Waals surface area contributed by atoms with Crippen LogP contribution in [0.15, 0.2) is 106 Å². The summed E-state index contributed by atoms with van der Waals surface area (Å²) in [6, 6.07) is 28.0. The van der Waals surface area contributed by atoms with Crippen LogP contribution in [0.3, 0.4) is 0 Å². The van der Waals surface area contributed by atoms with Gasteiger partial charge in [-0.15, -0.1) is 0 Å². The van der Waals surface area contributed by atoms with Gasteiger partial charge in [-0.05, 0) is 66.7 Å². The highest BCUT2D eigenvalue weighted by Crippen LogP contribution is 2.22. The molecule has 1 saturated heterocycles. The van der Waals surface area contributed by atoms with E-state index < -0.39 is 12.2 Å². The van der Waals surface area contributed by atoms with Gasteiger partial charge in [0.2, 0.25) is 11.8 Å². The lowest BCUT2D eigenvalue weighted by Gasteiger charge is -2.09. The van der Waals surface area contributed by atoms with Crippen molar-refractivity contribution in [3.63, 3.8) is 0 Å². The Labute approximate surface area is 292 Å². The van der Waals surface area contributed by atoms with Crippen molar-refractivity contribution in [1.82, 2.24) is 14.9 Å². The molecule has 1 fully saturated rings. The van der Waals surface area contributed by atoms with Gasteiger partial charge in [-0.3, -0.25) is 4.79 Å². The van der Waals surface area contributed by atoms with Gasteiger partial charge >= 0.3 is 6.09 Å². The van der Waals surface area contributed by atoms with Gasteiger partial charge in [0.15, 0.2) is 6.10 Å². The zero-order chi connectivity index (χ0) is 34.4. The number of unbranched alkanes of at least 4 members (excludes halogenated alkanes) is 5. The highest BCUT2D eigenvalue weighted by atomic mass is 16.6. The number of carbonyl (C=O) groups is 2. The van der Waals surface area contributed by atoms with E-state index in [-0.39, 0.29) is 12.5 Å². The Morgan fingerprint density at radius 3 is 1.90 bits per heavy atom. The smallest absolute Gasteiger partial charge is 0.417 e. The molecule has 9 heteroatoms. The molecule has 6 rings (SSSR count). The third-order valence-electron chi connectivity index (χ3n) is 8.39. The summed E-state index contributed by atoms with van der Waals surface area (Å²) < 4.78 is 22.3. The molecule has 0 N–H and O–H groups in total. The Morgan fingerprint density at radius 2 is 1.24 bits per heavy atom. The molecule has 1 unspecified atom stereocenters. The molecule has 0 bridgehead atoms. The van der Waals surface area contributed by atoms with E-state index >= 15 is 0 Å². The first-order chi connectivity index (χ1) is 24.6. The van der Waals surface area contributed by atoms with Gasteiger partial charge in [-0.2, -0.15) is 0 Å². The predicted octanol–water partition coefficient (Wildman–Crippen LogP) is 9.40. The number of cyclic esters (lactones) is 1. The van der Waals surface area contributed by atoms with E-state index in [2.05, 4.69) is 22.1 Å². The lowest BCUT2D eigenvalue weighted by molar-refractivity contribution is -0.130. The van der Waals surface area contributed by atoms with E-state index in [4.69, 9.17) is 18.3 Å². The number of rotatable bonds is 18. The summed E-state index contributed by atoms with van der Waals surface area (Å²) in [5.74, 6) is 1.44. The molecule has 9 nitrogen and oxygen atoms in total. The molecule has 0 spiro atoms. The molecule has 0 radical (unpaired) electrons. The average Bonchev–Trinajstić information content (AvgIpc) is 3.88. The summed E-state index contributed by atoms with van der Waals surface area (Å²) in [5, 5.41) is 0. The number of oxazole rings is 2. The van der Waals surface area contributed by atoms with Crippen LogP contribution in [0.2, 0.25) is 0 Å². The van der Waals surface area contributed by atoms with Crippen molar-refractivity contribution >= 4 is 36.3 Å². The molecule has 3 aromatic carbocycles. The molecular formula is C41H41N3O6. The number of benzene rings is 3. The van der Waals surface area contributed by atoms with Crippen LogP contribution in [0.25, 0.3) is 24.3 Å². The molecular weight excluding hydrogens is 630 g/mol. The summed E-state index contributed by atoms with van der Waals surface area (Å²) in [4.78, 5) is 35.2. The maximum Gasteiger partial charge on any atom is 0.417 e. The zero-order valence-electron chi connectivity index (χ0n) is 28.0. The molecule has 0 saturated carbocycles. The van der Waals surface area contributed by atoms with Crippen LogP contribution in [0.4, 0.5) is 4.79 Å². The Kier molecular flexibility index (Phi) is 12.0. The first-order valence-corrected chi connectivity index (χ1v) is 17.2. The fraction of sp³-hybridized carbons (Fsp3) is 0.268. The van der Waals surface area contributed by atoms with Crippen LogP contribution in [0.5, 0.6) is 5.75 Å². The third kappa shape index (κ3) is 10.2. The number of ether oxygens (including phenoxy) is 2. The number of amides is 2. The molecule has 1 atom stereocenters. The lowest BCUT2D eigenvalue weighted by Crippen LogP contribution is -2.31. The van der Waals surface area contributed by atoms with Crippen LogP contribution in [0.1, 0.15) is 84.8 Å². The normalized spacial score (nSPS) is 14.6. The topological polar surface area (TPSA) is 108 Å². The number of aryl methyl sites for hydroxylation is 1. The van der Waals surface area contributed by atoms with Gasteiger partial charge in [-0.25, -0.2) is 19.7 Å². The number of nitrogens with zero attached hydrogens (tertiary/aromatic N) is 3. The maximum atomic E-state index is 12.9. The first-order valence-electron chi connectivity index (χ1n) is 17.2. The molecule has 3 heterocycles. The van der Waals surface area contributed by atoms with E-state index in [9.17, 15) is 9.59 Å². The first kappa shape index (κ1) is 34.2. The maximum absolute atomic E-state index is 12.9. The number of aromatic nitrogens is 2. The van der Waals surface area contributed by atoms with Crippen molar-refractivity contribution in [2.24, 2.45) is 0 Å². The van der Waals surface area contributed by atoms with Crippen LogP contribution < -0.4 is 4.74 Å². The van der Waals surface area contributed by atoms with Crippen molar-refractivity contribution in [3.8, 4) is 5.75 Å². The van der Waals surface area contributed by atoms with Crippen LogP contribution in [0, 0.1) is 0 Å². The van der Waals surface area contributed by atoms with Crippen LogP contribution in [-0.2, 0) is 29.1 Å². The summed E-state index contributed by atoms with van der Waals surface area (Å²) in [6.45, 7) is 0.374. The van der Waals surface area contributed by atoms with E-state index in [1.165, 1.54) is 11.8 Å². The Balaban J connectivity index is 0.816. The van der Waals surface area contributed by atoms with Crippen molar-refractivity contribution < 1.29 is 27.9 Å². The second-order valence-corrected chi connectivity index (χ2v) is 12.2. The van der Waals surface area contributed by atoms with Gasteiger partial charge in [0.05, 0.1) is 12.2 Å². The predicted molar refractivity (Wildman–Crippen MR) is 191 cm³/mol. The molecule has 256 valence electrons. The van der Waals surface area contributed by atoms with Gasteiger partial charge in [0, 0.05) is 12.2 Å². The van der Waals surface area contributed by atoms with E-state index in [0.717, 1.165) is 72.4 Å². The van der Waals surface area contributed by atoms with E-state index in [1.54, 1.807) is 12.3 Å². The van der Waals surface area contributed by atoms with Gasteiger partial charge < -0.3 is 18.3 Å². The second-order valence-electron chi connectivity index (χ2n) is 12.2. The largest absolute Gasteiger partial charge is 0.487 e. The fourth-order valence-electron chi connectivity index (χ4n) is 5.66. The monoisotopic (exact) mass is 671 g/mol. The van der Waals surface area contributed by atoms with E-state index in [0.29, 0.717) is 30.5 Å². The molecule has 5 aromatic rings. The Bertz CT molecular complexity index is 1860. The highest BCUT2D eigenvalue weighted by Gasteiger charge is 2.40. The molecule has 2 amide bonds. The quantitative estimate of drug-likeness (QED) is 0.0848. The van der Waals surface area contributed by atoms with E-state index in [1.807, 2.05) is 91.0 Å². The minimum absolute atomic E-state index is 0.0318. The summed E-state index contributed by atoms with van der Waals surface area (Å²) >= 11 is 0. The van der Waals surface area contributed by atoms with Gasteiger partial charge in [0.1, 0.15) is 30.6 Å². The minimum atomic E-state index is -0.727. The van der Waals surface area contributed by atoms with Gasteiger partial charge in [-0.1, -0.05) is 98.5 Å². The molecule has 1 aliphatic rings. The van der Waals surface area contributed by atoms with Crippen molar-refractivity contribution in [2.45, 2.75) is 70.6 Å². The van der Waals surface area contributed by atoms with Crippen LogP contribution >= 0.6 is 0 Å². The van der Waals surface area contributed by atoms with Gasteiger partial charge in [0.25, 0.3) is 5.91 Å². The Hall–Kier alpha value is -5.70. The number of carbonyl (C=O) groups excluding carboxylic acids is 2. The highest BCUT2D eigenvalue weighted by molar-refractivity contribution is 5.99. The molecule has 1 aliphatic heterocycles. The molecule has 0 aliphatic carbocycles. The SMILES string of the molecule is O=C1OC(CCCCCCCCc2ccc(OCc3coc(/C=C/c4ccccc4)n3)cc2)C(=O)N1Cc1coc(/C=C/c2ccccc2)n1. The fourth-order valence-corrected chi connectivity index (χ4v) is 5.66. The minimum Gasteiger partial charge on any atom is -0.487 e. The lowest BCUT2D eigenvalue weighted by atomic mass is 10.0. The van der Waals surface area contributed by atoms with Crippen LogP contribution in [-0.4, -0.2) is 33.0 Å². The summed E-state index contributed by atoms with van der Waals surface area (Å²) in [5.41, 5.74) is 4.62. The van der Waals surface area contributed by atoms with Crippen molar-refractivity contribution in [1.29, 1.82) is 0 Å². The third-order valence-corrected chi connectivity index (χ3v) is 8.39. The molecule has 2 aromatic heterocycles. The average molecular weight is 672 g/mol. The Morgan fingerprint density at radius 1 is 0.660 bits per heavy atom. The summed E-state index contributed by atoms with van der Waals surface area (Å²) in [7, 11) is 0. The number of hydrogen-bond donors (Lipinski definition) is 0. The summed E-state index contributed by atoms with van der Waals surface area (Å²) in [6.07, 6.45) is 17.0.